The van der Waals surface area contributed by atoms with E-state index in [4.69, 9.17) is 29.0 Å². The Bertz CT molecular complexity index is 422. The van der Waals surface area contributed by atoms with Gasteiger partial charge in [0.1, 0.15) is 5.75 Å². The number of nitrogens with one attached hydrogen (secondary N) is 2. The van der Waals surface area contributed by atoms with Crippen LogP contribution in [0.15, 0.2) is 12.1 Å². The predicted octanol–water partition coefficient (Wildman–Crippen LogP) is 2.20. The van der Waals surface area contributed by atoms with Crippen molar-refractivity contribution < 1.29 is 5.11 Å². The van der Waals surface area contributed by atoms with Crippen molar-refractivity contribution in [2.45, 2.75) is 18.9 Å². The summed E-state index contributed by atoms with van der Waals surface area (Å²) in [6.07, 6.45) is 2.02. The maximum absolute atomic E-state index is 9.99. The number of aromatic hydroxyl groups is 1. The van der Waals surface area contributed by atoms with Crippen LogP contribution in [0.4, 0.5) is 0 Å². The largest absolute Gasteiger partial charge is 0.508 e. The van der Waals surface area contributed by atoms with Crippen LogP contribution in [-0.2, 0) is 0 Å². The van der Waals surface area contributed by atoms with Gasteiger partial charge >= 0.3 is 0 Å². The fourth-order valence-corrected chi connectivity index (χ4v) is 2.79. The van der Waals surface area contributed by atoms with Crippen molar-refractivity contribution in [3.8, 4) is 5.75 Å². The smallest absolute Gasteiger partial charge is 0.122 e. The molecule has 2 rings (SSSR count). The minimum atomic E-state index is -0.109. The zero-order chi connectivity index (χ0) is 13.1. The molecule has 18 heavy (non-hydrogen) atoms. The van der Waals surface area contributed by atoms with Crippen molar-refractivity contribution in [1.82, 2.24) is 10.7 Å². The maximum atomic E-state index is 9.99. The predicted molar refractivity (Wildman–Crippen MR) is 73.8 cm³/mol. The van der Waals surface area contributed by atoms with Crippen molar-refractivity contribution in [3.63, 3.8) is 0 Å². The summed E-state index contributed by atoms with van der Waals surface area (Å²) in [6, 6.07) is 3.04. The Morgan fingerprint density at radius 1 is 1.28 bits per heavy atom. The molecule has 0 spiro atoms. The first-order valence-corrected chi connectivity index (χ1v) is 6.74. The van der Waals surface area contributed by atoms with Crippen molar-refractivity contribution in [3.05, 3.63) is 27.7 Å². The molecule has 1 saturated heterocycles. The summed E-state index contributed by atoms with van der Waals surface area (Å²) in [6.45, 7) is 1.93. The highest BCUT2D eigenvalue weighted by Gasteiger charge is 2.26. The number of phenols is 1. The first kappa shape index (κ1) is 13.9. The normalized spacial score (nSPS) is 18.8. The van der Waals surface area contributed by atoms with E-state index in [1.807, 2.05) is 0 Å². The maximum Gasteiger partial charge on any atom is 0.122 e. The SMILES string of the molecule is NNC(c1cc(Cl)c(Cl)cc1O)C1CCNCC1. The average Bonchev–Trinajstić information content (AvgIpc) is 2.38. The van der Waals surface area contributed by atoms with E-state index in [1.54, 1.807) is 6.07 Å². The molecule has 1 unspecified atom stereocenters. The van der Waals surface area contributed by atoms with E-state index < -0.39 is 0 Å². The zero-order valence-electron chi connectivity index (χ0n) is 9.92. The first-order valence-electron chi connectivity index (χ1n) is 5.98. The Balaban J connectivity index is 2.28. The Morgan fingerprint density at radius 2 is 1.89 bits per heavy atom. The minimum Gasteiger partial charge on any atom is -0.508 e. The summed E-state index contributed by atoms with van der Waals surface area (Å²) in [5, 5.41) is 14.1. The second kappa shape index (κ2) is 6.08. The summed E-state index contributed by atoms with van der Waals surface area (Å²) >= 11 is 11.9. The van der Waals surface area contributed by atoms with Gasteiger partial charge in [-0.2, -0.15) is 0 Å². The lowest BCUT2D eigenvalue weighted by molar-refractivity contribution is 0.280. The molecule has 1 fully saturated rings. The third kappa shape index (κ3) is 2.90. The van der Waals surface area contributed by atoms with E-state index in [9.17, 15) is 5.11 Å². The lowest BCUT2D eigenvalue weighted by Gasteiger charge is -2.31. The summed E-state index contributed by atoms with van der Waals surface area (Å²) in [7, 11) is 0. The molecule has 1 aromatic rings. The van der Waals surface area contributed by atoms with Gasteiger partial charge in [0.25, 0.3) is 0 Å². The first-order chi connectivity index (χ1) is 8.63. The third-order valence-electron chi connectivity index (χ3n) is 3.44. The Kier molecular flexibility index (Phi) is 4.70. The van der Waals surface area contributed by atoms with Gasteiger partial charge in [-0.25, -0.2) is 0 Å². The molecule has 0 aromatic heterocycles. The number of piperidine rings is 1. The van der Waals surface area contributed by atoms with Crippen LogP contribution in [-0.4, -0.2) is 18.2 Å². The fourth-order valence-electron chi connectivity index (χ4n) is 2.46. The number of benzene rings is 1. The van der Waals surface area contributed by atoms with Gasteiger partial charge in [-0.1, -0.05) is 23.2 Å². The summed E-state index contributed by atoms with van der Waals surface area (Å²) in [5.74, 6) is 6.14. The molecule has 0 saturated carbocycles. The zero-order valence-corrected chi connectivity index (χ0v) is 11.4. The molecule has 0 aliphatic carbocycles. The second-order valence-electron chi connectivity index (χ2n) is 4.56. The summed E-state index contributed by atoms with van der Waals surface area (Å²) in [4.78, 5) is 0. The molecule has 0 bridgehead atoms. The van der Waals surface area contributed by atoms with E-state index in [2.05, 4.69) is 10.7 Å². The van der Waals surface area contributed by atoms with Crippen molar-refractivity contribution in [2.24, 2.45) is 11.8 Å². The van der Waals surface area contributed by atoms with Crippen LogP contribution in [0.5, 0.6) is 5.75 Å². The van der Waals surface area contributed by atoms with Gasteiger partial charge < -0.3 is 10.4 Å². The van der Waals surface area contributed by atoms with Gasteiger partial charge in [-0.15, -0.1) is 0 Å². The van der Waals surface area contributed by atoms with Gasteiger partial charge in [0.15, 0.2) is 0 Å². The Hall–Kier alpha value is -0.520. The van der Waals surface area contributed by atoms with Gasteiger partial charge in [-0.05, 0) is 37.9 Å². The van der Waals surface area contributed by atoms with Gasteiger partial charge in [0, 0.05) is 11.6 Å². The number of hydrogen-bond acceptors (Lipinski definition) is 4. The minimum absolute atomic E-state index is 0.109. The molecule has 0 radical (unpaired) electrons. The van der Waals surface area contributed by atoms with Crippen LogP contribution in [0.2, 0.25) is 10.0 Å². The summed E-state index contributed by atoms with van der Waals surface area (Å²) in [5.41, 5.74) is 3.49. The molecule has 1 aliphatic heterocycles. The topological polar surface area (TPSA) is 70.3 Å². The van der Waals surface area contributed by atoms with Crippen molar-refractivity contribution in [1.29, 1.82) is 0 Å². The van der Waals surface area contributed by atoms with Crippen LogP contribution >= 0.6 is 23.2 Å². The molecular formula is C12H17Cl2N3O. The number of hydrazine groups is 1. The van der Waals surface area contributed by atoms with Crippen molar-refractivity contribution in [2.75, 3.05) is 13.1 Å². The number of phenolic OH excluding ortho intramolecular Hbond substituents is 1. The molecular weight excluding hydrogens is 273 g/mol. The number of rotatable bonds is 3. The third-order valence-corrected chi connectivity index (χ3v) is 4.16. The lowest BCUT2D eigenvalue weighted by Crippen LogP contribution is -2.39. The highest BCUT2D eigenvalue weighted by molar-refractivity contribution is 6.42. The molecule has 0 amide bonds. The standard InChI is InChI=1S/C12H17Cl2N3O/c13-9-5-8(11(18)6-10(9)14)12(17-15)7-1-3-16-4-2-7/h5-7,12,16-18H,1-4,15H2. The number of nitrogens with two attached hydrogens (primary N) is 1. The van der Waals surface area contributed by atoms with Crippen LogP contribution < -0.4 is 16.6 Å². The molecule has 100 valence electrons. The lowest BCUT2D eigenvalue weighted by atomic mass is 9.86. The van der Waals surface area contributed by atoms with E-state index in [0.717, 1.165) is 25.9 Å². The van der Waals surface area contributed by atoms with Crippen LogP contribution in [0.25, 0.3) is 0 Å². The molecule has 1 heterocycles. The Labute approximate surface area is 116 Å². The number of hydrogen-bond donors (Lipinski definition) is 4. The van der Waals surface area contributed by atoms with Crippen LogP contribution in [0.1, 0.15) is 24.4 Å². The van der Waals surface area contributed by atoms with Gasteiger partial charge in [-0.3, -0.25) is 11.3 Å². The van der Waals surface area contributed by atoms with Crippen molar-refractivity contribution >= 4 is 23.2 Å². The van der Waals surface area contributed by atoms with Gasteiger partial charge in [0.05, 0.1) is 16.1 Å². The fraction of sp³-hybridized carbons (Fsp3) is 0.500. The monoisotopic (exact) mass is 289 g/mol. The van der Waals surface area contributed by atoms with E-state index >= 15 is 0 Å². The highest BCUT2D eigenvalue weighted by atomic mass is 35.5. The average molecular weight is 290 g/mol. The van der Waals surface area contributed by atoms with Crippen LogP contribution in [0.3, 0.4) is 0 Å². The van der Waals surface area contributed by atoms with E-state index in [0.29, 0.717) is 21.5 Å². The second-order valence-corrected chi connectivity index (χ2v) is 5.37. The molecule has 1 atom stereocenters. The molecule has 6 heteroatoms. The molecule has 5 N–H and O–H groups in total. The van der Waals surface area contributed by atoms with E-state index in [-0.39, 0.29) is 11.8 Å². The van der Waals surface area contributed by atoms with Gasteiger partial charge in [0.2, 0.25) is 0 Å². The Morgan fingerprint density at radius 3 is 2.50 bits per heavy atom. The summed E-state index contributed by atoms with van der Waals surface area (Å²) < 4.78 is 0. The molecule has 4 nitrogen and oxygen atoms in total. The quantitative estimate of drug-likeness (QED) is 0.509. The number of halogens is 2. The highest BCUT2D eigenvalue weighted by Crippen LogP contribution is 2.37. The molecule has 1 aliphatic rings. The molecule has 1 aromatic carbocycles. The van der Waals surface area contributed by atoms with Crippen LogP contribution in [0, 0.1) is 5.92 Å². The van der Waals surface area contributed by atoms with E-state index in [1.165, 1.54) is 6.07 Å².